The van der Waals surface area contributed by atoms with Crippen LogP contribution in [-0.2, 0) is 12.0 Å². The van der Waals surface area contributed by atoms with Gasteiger partial charge in [0, 0.05) is 11.5 Å². The summed E-state index contributed by atoms with van der Waals surface area (Å²) in [6.07, 6.45) is 3.61. The van der Waals surface area contributed by atoms with E-state index < -0.39 is 0 Å². The number of hydrogen-bond acceptors (Lipinski definition) is 4. The van der Waals surface area contributed by atoms with Crippen LogP contribution in [0, 0.1) is 17.4 Å². The second-order valence-corrected chi connectivity index (χ2v) is 6.75. The number of hydrogen-bond donors (Lipinski definition) is 0. The quantitative estimate of drug-likeness (QED) is 0.478. The van der Waals surface area contributed by atoms with Crippen LogP contribution in [0.15, 0.2) is 20.6 Å². The van der Waals surface area contributed by atoms with Crippen molar-refractivity contribution in [2.45, 2.75) is 46.6 Å². The van der Waals surface area contributed by atoms with E-state index in [-0.39, 0.29) is 5.41 Å². The van der Waals surface area contributed by atoms with Crippen molar-refractivity contribution in [1.29, 1.82) is 5.26 Å². The van der Waals surface area contributed by atoms with Gasteiger partial charge >= 0.3 is 0 Å². The minimum atomic E-state index is -0.0849. The zero-order chi connectivity index (χ0) is 15.3. The zero-order valence-electron chi connectivity index (χ0n) is 13.0. The molecule has 0 aliphatic rings. The fourth-order valence-corrected chi connectivity index (χ4v) is 1.86. The first-order valence-electron chi connectivity index (χ1n) is 6.55. The molecule has 1 rings (SSSR count). The summed E-state index contributed by atoms with van der Waals surface area (Å²) >= 11 is 1.34. The Labute approximate surface area is 124 Å². The van der Waals surface area contributed by atoms with E-state index in [0.717, 1.165) is 12.3 Å². The van der Waals surface area contributed by atoms with E-state index in [0.29, 0.717) is 16.6 Å². The van der Waals surface area contributed by atoms with Crippen molar-refractivity contribution in [3.63, 3.8) is 0 Å². The van der Waals surface area contributed by atoms with Gasteiger partial charge in [0.25, 0.3) is 0 Å². The lowest BCUT2D eigenvalue weighted by Gasteiger charge is -2.13. The van der Waals surface area contributed by atoms with Crippen LogP contribution in [-0.4, -0.2) is 16.2 Å². The fraction of sp³-hybridized carbons (Fsp3) is 0.643. The van der Waals surface area contributed by atoms with Crippen LogP contribution in [0.5, 0.6) is 0 Å². The molecular weight excluding hydrogens is 272 g/mol. The molecule has 0 unspecified atom stereocenters. The SMILES string of the molecule is CSC(=NC#N)N=c1cc(C(C)(C)C)on1CC(C)C. The summed E-state index contributed by atoms with van der Waals surface area (Å²) in [7, 11) is 0. The Kier molecular flexibility index (Phi) is 5.63. The second kappa shape index (κ2) is 6.80. The highest BCUT2D eigenvalue weighted by Gasteiger charge is 2.20. The molecule has 110 valence electrons. The highest BCUT2D eigenvalue weighted by Crippen LogP contribution is 2.21. The third-order valence-electron chi connectivity index (χ3n) is 2.53. The molecule has 0 radical (unpaired) electrons. The van der Waals surface area contributed by atoms with Gasteiger partial charge in [-0.2, -0.15) is 10.0 Å². The normalized spacial score (nSPS) is 13.9. The van der Waals surface area contributed by atoms with Crippen molar-refractivity contribution in [1.82, 2.24) is 4.74 Å². The summed E-state index contributed by atoms with van der Waals surface area (Å²) < 4.78 is 7.66. The lowest BCUT2D eigenvalue weighted by atomic mass is 9.94. The van der Waals surface area contributed by atoms with Crippen molar-refractivity contribution in [2.24, 2.45) is 15.9 Å². The van der Waals surface area contributed by atoms with Gasteiger partial charge < -0.3 is 4.52 Å². The van der Waals surface area contributed by atoms with E-state index in [1.165, 1.54) is 11.8 Å². The minimum absolute atomic E-state index is 0.0849. The molecule has 0 N–H and O–H groups in total. The molecule has 6 heteroatoms. The van der Waals surface area contributed by atoms with Gasteiger partial charge in [0.15, 0.2) is 5.49 Å². The third-order valence-corrected chi connectivity index (χ3v) is 3.08. The fourth-order valence-electron chi connectivity index (χ4n) is 1.54. The van der Waals surface area contributed by atoms with Gasteiger partial charge in [-0.15, -0.1) is 4.99 Å². The number of nitriles is 1. The molecule has 0 saturated heterocycles. The third kappa shape index (κ3) is 4.57. The number of rotatable bonds is 2. The lowest BCUT2D eigenvalue weighted by molar-refractivity contribution is 0.199. The monoisotopic (exact) mass is 294 g/mol. The number of aromatic nitrogens is 1. The van der Waals surface area contributed by atoms with Gasteiger partial charge in [-0.05, 0) is 12.2 Å². The Morgan fingerprint density at radius 2 is 2.15 bits per heavy atom. The molecule has 0 aliphatic heterocycles. The van der Waals surface area contributed by atoms with E-state index in [1.54, 1.807) is 10.9 Å². The molecule has 1 aromatic rings. The molecule has 20 heavy (non-hydrogen) atoms. The first-order valence-corrected chi connectivity index (χ1v) is 7.77. The highest BCUT2D eigenvalue weighted by molar-refractivity contribution is 8.13. The molecular formula is C14H22N4OS. The van der Waals surface area contributed by atoms with Gasteiger partial charge in [0.1, 0.15) is 5.76 Å². The molecule has 1 aromatic heterocycles. The number of nitrogens with zero attached hydrogens (tertiary/aromatic N) is 4. The van der Waals surface area contributed by atoms with Crippen molar-refractivity contribution >= 4 is 16.9 Å². The predicted octanol–water partition coefficient (Wildman–Crippen LogP) is 3.14. The molecule has 5 nitrogen and oxygen atoms in total. The number of aliphatic imine (C=N–C) groups is 1. The van der Waals surface area contributed by atoms with Gasteiger partial charge in [0.2, 0.25) is 11.4 Å². The maximum absolute atomic E-state index is 8.65. The van der Waals surface area contributed by atoms with Crippen LogP contribution in [0.1, 0.15) is 40.4 Å². The molecule has 1 heterocycles. The Morgan fingerprint density at radius 1 is 1.50 bits per heavy atom. The van der Waals surface area contributed by atoms with Crippen LogP contribution in [0.25, 0.3) is 0 Å². The highest BCUT2D eigenvalue weighted by atomic mass is 32.2. The Bertz CT molecular complexity index is 582. The second-order valence-electron chi connectivity index (χ2n) is 5.97. The topological polar surface area (TPSA) is 66.6 Å². The van der Waals surface area contributed by atoms with Crippen LogP contribution in [0.4, 0.5) is 0 Å². The molecule has 0 aromatic carbocycles. The van der Waals surface area contributed by atoms with Crippen molar-refractivity contribution in [2.75, 3.05) is 6.26 Å². The Balaban J connectivity index is 3.36. The Morgan fingerprint density at radius 3 is 2.60 bits per heavy atom. The van der Waals surface area contributed by atoms with Crippen molar-refractivity contribution in [3.8, 4) is 6.19 Å². The summed E-state index contributed by atoms with van der Waals surface area (Å²) in [6.45, 7) is 11.3. The van der Waals surface area contributed by atoms with Crippen LogP contribution in [0.2, 0.25) is 0 Å². The molecule has 0 atom stereocenters. The molecule has 0 spiro atoms. The van der Waals surface area contributed by atoms with Crippen molar-refractivity contribution < 1.29 is 4.52 Å². The number of amidine groups is 1. The van der Waals surface area contributed by atoms with E-state index in [2.05, 4.69) is 44.6 Å². The smallest absolute Gasteiger partial charge is 0.208 e. The molecule has 0 bridgehead atoms. The standard InChI is InChI=1S/C14H22N4OS/c1-10(2)8-18-12(17-13(20-6)16-9-15)7-11(19-18)14(3,4)5/h7,10H,8H2,1-6H3. The maximum Gasteiger partial charge on any atom is 0.208 e. The average molecular weight is 294 g/mol. The predicted molar refractivity (Wildman–Crippen MR) is 82.4 cm³/mol. The van der Waals surface area contributed by atoms with E-state index in [1.807, 2.05) is 12.3 Å². The van der Waals surface area contributed by atoms with E-state index in [9.17, 15) is 0 Å². The van der Waals surface area contributed by atoms with Gasteiger partial charge in [-0.1, -0.05) is 46.4 Å². The van der Waals surface area contributed by atoms with Gasteiger partial charge in [-0.3, -0.25) is 0 Å². The molecule has 0 aliphatic carbocycles. The first kappa shape index (κ1) is 16.6. The Hall–Kier alpha value is -1.48. The average Bonchev–Trinajstić information content (AvgIpc) is 2.70. The molecule has 0 saturated carbocycles. The molecule has 0 fully saturated rings. The minimum Gasteiger partial charge on any atom is -0.382 e. The molecule has 0 amide bonds. The number of thioether (sulfide) groups is 1. The first-order chi connectivity index (χ1) is 9.27. The van der Waals surface area contributed by atoms with Crippen LogP contribution in [0.3, 0.4) is 0 Å². The zero-order valence-corrected chi connectivity index (χ0v) is 13.8. The van der Waals surface area contributed by atoms with E-state index >= 15 is 0 Å². The van der Waals surface area contributed by atoms with Gasteiger partial charge in [-0.25, -0.2) is 4.99 Å². The summed E-state index contributed by atoms with van der Waals surface area (Å²) in [6, 6.07) is 1.92. The summed E-state index contributed by atoms with van der Waals surface area (Å²) in [5.41, 5.74) is 0.616. The van der Waals surface area contributed by atoms with E-state index in [4.69, 9.17) is 9.78 Å². The largest absolute Gasteiger partial charge is 0.382 e. The summed E-state index contributed by atoms with van der Waals surface area (Å²) in [5, 5.41) is 9.09. The summed E-state index contributed by atoms with van der Waals surface area (Å²) in [5.74, 6) is 1.31. The summed E-state index contributed by atoms with van der Waals surface area (Å²) in [4.78, 5) is 8.11. The van der Waals surface area contributed by atoms with Crippen molar-refractivity contribution in [3.05, 3.63) is 17.3 Å². The van der Waals surface area contributed by atoms with Crippen LogP contribution < -0.4 is 5.49 Å². The van der Waals surface area contributed by atoms with Crippen LogP contribution >= 0.6 is 11.8 Å². The lowest BCUT2D eigenvalue weighted by Crippen LogP contribution is -2.19. The van der Waals surface area contributed by atoms with Gasteiger partial charge in [0.05, 0.1) is 6.54 Å². The maximum atomic E-state index is 8.65.